The van der Waals surface area contributed by atoms with E-state index in [2.05, 4.69) is 0 Å². The van der Waals surface area contributed by atoms with Crippen molar-refractivity contribution in [3.63, 3.8) is 0 Å². The lowest BCUT2D eigenvalue weighted by molar-refractivity contribution is 0.0124. The summed E-state index contributed by atoms with van der Waals surface area (Å²) in [5, 5.41) is 0.333. The number of carbonyl (C=O) groups is 1. The molecule has 0 aromatic carbocycles. The summed E-state index contributed by atoms with van der Waals surface area (Å²) in [6.07, 6.45) is -0.439. The number of fused-ring (bicyclic) bond motifs is 1. The molecule has 2 atom stereocenters. The fourth-order valence-electron chi connectivity index (χ4n) is 3.15. The van der Waals surface area contributed by atoms with Gasteiger partial charge in [-0.05, 0) is 26.3 Å². The van der Waals surface area contributed by atoms with Crippen molar-refractivity contribution in [2.45, 2.75) is 39.5 Å². The molecule has 0 aliphatic rings. The molecular formula is C19H28N2O7S. The smallest absolute Gasteiger partial charge is 0.349 e. The van der Waals surface area contributed by atoms with Crippen molar-refractivity contribution >= 4 is 27.5 Å². The molecule has 0 N–H and O–H groups in total. The Morgan fingerprint density at radius 2 is 1.72 bits per heavy atom. The lowest BCUT2D eigenvalue weighted by atomic mass is 10.2. The van der Waals surface area contributed by atoms with Crippen LogP contribution in [-0.2, 0) is 25.5 Å². The van der Waals surface area contributed by atoms with E-state index in [1.807, 2.05) is 0 Å². The van der Waals surface area contributed by atoms with Crippen molar-refractivity contribution in [1.82, 2.24) is 9.13 Å². The van der Waals surface area contributed by atoms with Crippen LogP contribution >= 0.6 is 11.3 Å². The van der Waals surface area contributed by atoms with Crippen LogP contribution in [0.1, 0.15) is 35.1 Å². The lowest BCUT2D eigenvalue weighted by Gasteiger charge is -2.16. The number of esters is 1. The number of thiophene rings is 1. The topological polar surface area (TPSA) is 98.0 Å². The molecule has 0 amide bonds. The summed E-state index contributed by atoms with van der Waals surface area (Å²) >= 11 is 1.08. The van der Waals surface area contributed by atoms with Gasteiger partial charge in [0.2, 0.25) is 0 Å². The molecule has 0 aliphatic carbocycles. The Bertz CT molecular complexity index is 976. The van der Waals surface area contributed by atoms with E-state index >= 15 is 0 Å². The molecular weight excluding hydrogens is 400 g/mol. The highest BCUT2D eigenvalue weighted by atomic mass is 32.1. The van der Waals surface area contributed by atoms with Gasteiger partial charge in [-0.3, -0.25) is 13.9 Å². The zero-order valence-corrected chi connectivity index (χ0v) is 18.5. The van der Waals surface area contributed by atoms with Gasteiger partial charge in [0.1, 0.15) is 15.8 Å². The van der Waals surface area contributed by atoms with Crippen molar-refractivity contribution in [3.8, 4) is 0 Å². The molecule has 2 unspecified atom stereocenters. The number of nitrogens with zero attached hydrogens (tertiary/aromatic N) is 2. The average molecular weight is 429 g/mol. The molecule has 0 bridgehead atoms. The number of aromatic nitrogens is 2. The standard InChI is InChI=1S/C19H28N2O7S/c1-11(9-26-5)21-16(22)14-13(3)15(18(23)28-12(2)10-27-6)29-17(14)20(19(21)24)7-8-25-4/h11-12H,7-10H2,1-6H3. The van der Waals surface area contributed by atoms with E-state index in [1.165, 1.54) is 30.5 Å². The van der Waals surface area contributed by atoms with Crippen molar-refractivity contribution in [2.24, 2.45) is 0 Å². The van der Waals surface area contributed by atoms with E-state index in [0.29, 0.717) is 20.7 Å². The first-order valence-electron chi connectivity index (χ1n) is 9.24. The monoisotopic (exact) mass is 428 g/mol. The van der Waals surface area contributed by atoms with E-state index in [0.717, 1.165) is 11.3 Å². The normalized spacial score (nSPS) is 13.6. The Morgan fingerprint density at radius 1 is 1.07 bits per heavy atom. The third kappa shape index (κ3) is 4.77. The lowest BCUT2D eigenvalue weighted by Crippen LogP contribution is -2.43. The van der Waals surface area contributed by atoms with Crippen molar-refractivity contribution < 1.29 is 23.7 Å². The molecule has 9 nitrogen and oxygen atoms in total. The Hall–Kier alpha value is -2.01. The highest BCUT2D eigenvalue weighted by molar-refractivity contribution is 7.20. The third-order valence-corrected chi connectivity index (χ3v) is 5.80. The Labute approximate surface area is 172 Å². The molecule has 0 spiro atoms. The molecule has 2 rings (SSSR count). The number of hydrogen-bond donors (Lipinski definition) is 0. The van der Waals surface area contributed by atoms with E-state index in [1.54, 1.807) is 20.8 Å². The van der Waals surface area contributed by atoms with Gasteiger partial charge in [0.15, 0.2) is 0 Å². The molecule has 29 heavy (non-hydrogen) atoms. The summed E-state index contributed by atoms with van der Waals surface area (Å²) in [5.74, 6) is -0.546. The van der Waals surface area contributed by atoms with Crippen LogP contribution in [0.15, 0.2) is 9.59 Å². The Kier molecular flexibility index (Phi) is 8.14. The fraction of sp³-hybridized carbons (Fsp3) is 0.632. The molecule has 0 saturated heterocycles. The maximum Gasteiger partial charge on any atom is 0.349 e. The maximum atomic E-state index is 13.2. The van der Waals surface area contributed by atoms with Gasteiger partial charge in [-0.25, -0.2) is 9.59 Å². The molecule has 0 fully saturated rings. The zero-order chi connectivity index (χ0) is 21.7. The molecule has 2 aromatic heterocycles. The first-order chi connectivity index (χ1) is 13.8. The molecule has 0 aliphatic heterocycles. The summed E-state index contributed by atoms with van der Waals surface area (Å²) in [6, 6.07) is -0.463. The predicted octanol–water partition coefficient (Wildman–Crippen LogP) is 1.58. The van der Waals surface area contributed by atoms with Gasteiger partial charge in [-0.2, -0.15) is 0 Å². The van der Waals surface area contributed by atoms with Crippen LogP contribution in [0.3, 0.4) is 0 Å². The molecule has 10 heteroatoms. The van der Waals surface area contributed by atoms with Gasteiger partial charge in [-0.1, -0.05) is 0 Å². The number of ether oxygens (including phenoxy) is 4. The zero-order valence-electron chi connectivity index (χ0n) is 17.6. The minimum atomic E-state index is -0.546. The van der Waals surface area contributed by atoms with Gasteiger partial charge in [0, 0.05) is 21.3 Å². The van der Waals surface area contributed by atoms with Crippen molar-refractivity contribution in [3.05, 3.63) is 31.3 Å². The third-order valence-electron chi connectivity index (χ3n) is 4.51. The molecule has 0 radical (unpaired) electrons. The van der Waals surface area contributed by atoms with Crippen LogP contribution in [0.4, 0.5) is 0 Å². The first-order valence-corrected chi connectivity index (χ1v) is 10.1. The van der Waals surface area contributed by atoms with Crippen LogP contribution in [0.2, 0.25) is 0 Å². The SMILES string of the molecule is COCCn1c(=O)n(C(C)COC)c(=O)c2c(C)c(C(=O)OC(C)COC)sc21. The summed E-state index contributed by atoms with van der Waals surface area (Å²) in [6.45, 7) is 6.15. The maximum absolute atomic E-state index is 13.2. The van der Waals surface area contributed by atoms with Gasteiger partial charge in [-0.15, -0.1) is 11.3 Å². The fourth-order valence-corrected chi connectivity index (χ4v) is 4.35. The quantitative estimate of drug-likeness (QED) is 0.530. The summed E-state index contributed by atoms with van der Waals surface area (Å²) in [7, 11) is 4.56. The van der Waals surface area contributed by atoms with Crippen LogP contribution in [0.5, 0.6) is 0 Å². The van der Waals surface area contributed by atoms with Gasteiger partial charge >= 0.3 is 11.7 Å². The number of methoxy groups -OCH3 is 3. The van der Waals surface area contributed by atoms with Crippen molar-refractivity contribution in [2.75, 3.05) is 41.2 Å². The van der Waals surface area contributed by atoms with Crippen molar-refractivity contribution in [1.29, 1.82) is 0 Å². The Morgan fingerprint density at radius 3 is 2.31 bits per heavy atom. The van der Waals surface area contributed by atoms with Gasteiger partial charge in [0.05, 0.1) is 37.8 Å². The number of carbonyl (C=O) groups excluding carboxylic acids is 1. The second kappa shape index (κ2) is 10.1. The average Bonchev–Trinajstić information content (AvgIpc) is 2.99. The number of aryl methyl sites for hydroxylation is 1. The molecule has 0 saturated carbocycles. The summed E-state index contributed by atoms with van der Waals surface area (Å²) in [5.41, 5.74) is -0.409. The second-order valence-corrected chi connectivity index (χ2v) is 7.81. The van der Waals surface area contributed by atoms with E-state index in [-0.39, 0.29) is 26.4 Å². The van der Waals surface area contributed by atoms with Gasteiger partial charge in [0.25, 0.3) is 5.56 Å². The summed E-state index contributed by atoms with van der Waals surface area (Å²) < 4.78 is 23.3. The van der Waals surface area contributed by atoms with Crippen LogP contribution in [0, 0.1) is 6.92 Å². The van der Waals surface area contributed by atoms with E-state index in [4.69, 9.17) is 18.9 Å². The number of rotatable bonds is 10. The van der Waals surface area contributed by atoms with Crippen LogP contribution in [0.25, 0.3) is 10.2 Å². The second-order valence-electron chi connectivity index (χ2n) is 6.81. The predicted molar refractivity (Wildman–Crippen MR) is 110 cm³/mol. The minimum absolute atomic E-state index is 0.206. The summed E-state index contributed by atoms with van der Waals surface area (Å²) in [4.78, 5) is 39.6. The largest absolute Gasteiger partial charge is 0.456 e. The van der Waals surface area contributed by atoms with E-state index in [9.17, 15) is 14.4 Å². The Balaban J connectivity index is 2.70. The molecule has 2 heterocycles. The molecule has 162 valence electrons. The highest BCUT2D eigenvalue weighted by Gasteiger charge is 2.26. The first kappa shape index (κ1) is 23.3. The molecule has 2 aromatic rings. The minimum Gasteiger partial charge on any atom is -0.456 e. The van der Waals surface area contributed by atoms with E-state index < -0.39 is 29.4 Å². The van der Waals surface area contributed by atoms with Gasteiger partial charge < -0.3 is 18.9 Å². The van der Waals surface area contributed by atoms with Crippen LogP contribution in [-0.4, -0.2) is 62.4 Å². The number of hydrogen-bond acceptors (Lipinski definition) is 8. The highest BCUT2D eigenvalue weighted by Crippen LogP contribution is 2.29. The van der Waals surface area contributed by atoms with Crippen LogP contribution < -0.4 is 11.2 Å².